The largest absolute Gasteiger partial charge is 0.416 e. The van der Waals surface area contributed by atoms with E-state index in [0.29, 0.717) is 5.92 Å². The number of hydrogen-bond donors (Lipinski definition) is 1. The first-order valence-corrected chi connectivity index (χ1v) is 9.07. The molecule has 8 heteroatoms. The number of halogens is 6. The summed E-state index contributed by atoms with van der Waals surface area (Å²) in [6.07, 6.45) is 0.293. The first kappa shape index (κ1) is 23.0. The zero-order valence-electron chi connectivity index (χ0n) is 13.8. The molecule has 1 aliphatic carbocycles. The lowest BCUT2D eigenvalue weighted by Crippen LogP contribution is -2.46. The molecule has 2 fully saturated rings. The van der Waals surface area contributed by atoms with Crippen molar-refractivity contribution in [2.45, 2.75) is 37.9 Å². The van der Waals surface area contributed by atoms with Gasteiger partial charge in [0.2, 0.25) is 0 Å². The highest BCUT2D eigenvalue weighted by molar-refractivity contribution is 9.10. The maximum atomic E-state index is 13.1. The summed E-state index contributed by atoms with van der Waals surface area (Å²) in [6.45, 7) is 3.59. The zero-order chi connectivity index (χ0) is 16.4. The molecule has 1 aliphatic heterocycles. The van der Waals surface area contributed by atoms with Crippen LogP contribution < -0.4 is 5.32 Å². The van der Waals surface area contributed by atoms with Gasteiger partial charge >= 0.3 is 6.18 Å². The third-order valence-electron chi connectivity index (χ3n) is 5.03. The molecule has 1 saturated carbocycles. The van der Waals surface area contributed by atoms with Crippen molar-refractivity contribution in [2.75, 3.05) is 26.2 Å². The van der Waals surface area contributed by atoms with Crippen LogP contribution in [-0.2, 0) is 6.18 Å². The van der Waals surface area contributed by atoms with E-state index in [2.05, 4.69) is 26.1 Å². The van der Waals surface area contributed by atoms with Gasteiger partial charge in [-0.05, 0) is 42.5 Å². The molecule has 0 bridgehead atoms. The van der Waals surface area contributed by atoms with Gasteiger partial charge in [0.1, 0.15) is 0 Å². The Balaban J connectivity index is 0.00000156. The number of benzene rings is 1. The number of rotatable bonds is 3. The van der Waals surface area contributed by atoms with Gasteiger partial charge < -0.3 is 5.32 Å². The van der Waals surface area contributed by atoms with Crippen LogP contribution in [0.15, 0.2) is 22.7 Å². The Morgan fingerprint density at radius 2 is 1.68 bits per heavy atom. The molecule has 25 heavy (non-hydrogen) atoms. The smallest absolute Gasteiger partial charge is 0.314 e. The molecule has 0 unspecified atom stereocenters. The van der Waals surface area contributed by atoms with Gasteiger partial charge in [-0.25, -0.2) is 0 Å². The Kier molecular flexibility index (Phi) is 9.02. The molecule has 1 saturated heterocycles. The molecule has 1 aromatic rings. The summed E-state index contributed by atoms with van der Waals surface area (Å²) in [7, 11) is 0. The summed E-state index contributed by atoms with van der Waals surface area (Å²) in [6, 6.07) is 4.16. The van der Waals surface area contributed by atoms with E-state index in [-0.39, 0.29) is 30.9 Å². The summed E-state index contributed by atoms with van der Waals surface area (Å²) < 4.78 is 40.2. The lowest BCUT2D eigenvalue weighted by molar-refractivity contribution is -0.137. The van der Waals surface area contributed by atoms with Crippen LogP contribution in [0.4, 0.5) is 13.2 Å². The third kappa shape index (κ3) is 5.48. The van der Waals surface area contributed by atoms with Gasteiger partial charge in [-0.2, -0.15) is 13.2 Å². The van der Waals surface area contributed by atoms with Crippen molar-refractivity contribution in [3.8, 4) is 0 Å². The van der Waals surface area contributed by atoms with E-state index >= 15 is 0 Å². The molecule has 1 atom stereocenters. The van der Waals surface area contributed by atoms with Gasteiger partial charge in [0.05, 0.1) is 5.56 Å². The molecule has 0 spiro atoms. The zero-order valence-corrected chi connectivity index (χ0v) is 17.0. The van der Waals surface area contributed by atoms with E-state index < -0.39 is 11.7 Å². The van der Waals surface area contributed by atoms with Gasteiger partial charge in [-0.3, -0.25) is 4.90 Å². The van der Waals surface area contributed by atoms with Crippen LogP contribution in [0, 0.1) is 5.92 Å². The summed E-state index contributed by atoms with van der Waals surface area (Å²) in [5, 5.41) is 3.33. The van der Waals surface area contributed by atoms with E-state index in [4.69, 9.17) is 0 Å². The Bertz CT molecular complexity index is 545. The fourth-order valence-corrected chi connectivity index (χ4v) is 4.41. The van der Waals surface area contributed by atoms with Gasteiger partial charge in [0.25, 0.3) is 0 Å². The second kappa shape index (κ2) is 9.79. The molecule has 2 aliphatic rings. The number of nitrogens with one attached hydrogen (secondary N) is 1. The summed E-state index contributed by atoms with van der Waals surface area (Å²) in [5.74, 6) is 0.452. The van der Waals surface area contributed by atoms with Crippen LogP contribution in [0.1, 0.15) is 42.9 Å². The number of piperazine rings is 1. The average Bonchev–Trinajstić information content (AvgIpc) is 3.03. The Morgan fingerprint density at radius 3 is 2.24 bits per heavy atom. The quantitative estimate of drug-likeness (QED) is 0.641. The van der Waals surface area contributed by atoms with Gasteiger partial charge in [-0.15, -0.1) is 24.8 Å². The number of hydrogen-bond acceptors (Lipinski definition) is 2. The molecule has 3 rings (SSSR count). The highest BCUT2D eigenvalue weighted by Crippen LogP contribution is 2.43. The number of nitrogens with zero attached hydrogens (tertiary/aromatic N) is 1. The fraction of sp³-hybridized carbons (Fsp3) is 0.647. The predicted octanol–water partition coefficient (Wildman–Crippen LogP) is 5.45. The van der Waals surface area contributed by atoms with Crippen LogP contribution in [0.5, 0.6) is 0 Å². The third-order valence-corrected chi connectivity index (χ3v) is 5.76. The van der Waals surface area contributed by atoms with Crippen molar-refractivity contribution in [2.24, 2.45) is 5.92 Å². The Hall–Kier alpha value is -0.0100. The van der Waals surface area contributed by atoms with Gasteiger partial charge in [0.15, 0.2) is 0 Å². The Morgan fingerprint density at radius 1 is 1.08 bits per heavy atom. The SMILES string of the molecule is Cl.Cl.FC(F)(F)c1ccc(Br)c([C@@H](C2CCCC2)N2CCNCC2)c1. The topological polar surface area (TPSA) is 15.3 Å². The standard InChI is InChI=1S/C17H22BrF3N2.2ClH/c18-15-6-5-13(17(19,20)21)11-14(15)16(12-3-1-2-4-12)23-9-7-22-8-10-23;;/h5-6,11-12,16,22H,1-4,7-10H2;2*1H/t16-;;/m1../s1. The summed E-state index contributed by atoms with van der Waals surface area (Å²) >= 11 is 3.50. The number of alkyl halides is 3. The van der Waals surface area contributed by atoms with Crippen LogP contribution >= 0.6 is 40.7 Å². The van der Waals surface area contributed by atoms with Crippen molar-refractivity contribution >= 4 is 40.7 Å². The van der Waals surface area contributed by atoms with Crippen LogP contribution in [0.3, 0.4) is 0 Å². The summed E-state index contributed by atoms with van der Waals surface area (Å²) in [4.78, 5) is 2.37. The molecule has 0 amide bonds. The first-order chi connectivity index (χ1) is 11.0. The normalized spacial score (nSPS) is 20.6. The average molecular weight is 464 g/mol. The highest BCUT2D eigenvalue weighted by Gasteiger charge is 2.36. The van der Waals surface area contributed by atoms with E-state index in [1.54, 1.807) is 6.07 Å². The Labute approximate surface area is 167 Å². The van der Waals surface area contributed by atoms with Crippen molar-refractivity contribution in [3.05, 3.63) is 33.8 Å². The first-order valence-electron chi connectivity index (χ1n) is 8.28. The monoisotopic (exact) mass is 462 g/mol. The second-order valence-corrected chi connectivity index (χ2v) is 7.36. The lowest BCUT2D eigenvalue weighted by Gasteiger charge is -2.39. The summed E-state index contributed by atoms with van der Waals surface area (Å²) in [5.41, 5.74) is 0.252. The van der Waals surface area contributed by atoms with Gasteiger partial charge in [0, 0.05) is 36.7 Å². The highest BCUT2D eigenvalue weighted by atomic mass is 79.9. The lowest BCUT2D eigenvalue weighted by atomic mass is 9.89. The predicted molar refractivity (Wildman–Crippen MR) is 103 cm³/mol. The van der Waals surface area contributed by atoms with Crippen LogP contribution in [0.2, 0.25) is 0 Å². The van der Waals surface area contributed by atoms with Gasteiger partial charge in [-0.1, -0.05) is 28.8 Å². The van der Waals surface area contributed by atoms with E-state index in [0.717, 1.165) is 55.1 Å². The molecule has 1 heterocycles. The van der Waals surface area contributed by atoms with Crippen LogP contribution in [0.25, 0.3) is 0 Å². The molecular formula is C17H24BrCl2F3N2. The molecule has 1 N–H and O–H groups in total. The minimum atomic E-state index is -4.29. The second-order valence-electron chi connectivity index (χ2n) is 6.51. The maximum Gasteiger partial charge on any atom is 0.416 e. The minimum absolute atomic E-state index is 0. The fourth-order valence-electron chi connectivity index (χ4n) is 3.93. The molecule has 0 radical (unpaired) electrons. The van der Waals surface area contributed by atoms with E-state index in [9.17, 15) is 13.2 Å². The molecular weight excluding hydrogens is 440 g/mol. The van der Waals surface area contributed by atoms with Crippen molar-refractivity contribution in [1.82, 2.24) is 10.2 Å². The molecule has 1 aromatic carbocycles. The molecule has 0 aromatic heterocycles. The molecule has 2 nitrogen and oxygen atoms in total. The molecule has 144 valence electrons. The maximum absolute atomic E-state index is 13.1. The van der Waals surface area contributed by atoms with E-state index in [1.807, 2.05) is 0 Å². The van der Waals surface area contributed by atoms with Crippen LogP contribution in [-0.4, -0.2) is 31.1 Å². The van der Waals surface area contributed by atoms with Crippen molar-refractivity contribution in [1.29, 1.82) is 0 Å². The van der Waals surface area contributed by atoms with Crippen molar-refractivity contribution in [3.63, 3.8) is 0 Å². The van der Waals surface area contributed by atoms with Crippen molar-refractivity contribution < 1.29 is 13.2 Å². The minimum Gasteiger partial charge on any atom is -0.314 e. The van der Waals surface area contributed by atoms with E-state index in [1.165, 1.54) is 18.9 Å².